The lowest BCUT2D eigenvalue weighted by atomic mass is 10.2. The van der Waals surface area contributed by atoms with Crippen LogP contribution < -0.4 is 5.73 Å². The smallest absolute Gasteiger partial charge is 0.306 e. The van der Waals surface area contributed by atoms with Crippen LogP contribution in [0.15, 0.2) is 0 Å². The zero-order chi connectivity index (χ0) is 16.0. The van der Waals surface area contributed by atoms with Gasteiger partial charge in [0.1, 0.15) is 0 Å². The molecule has 1 atom stereocenters. The molecule has 0 saturated carbocycles. The monoisotopic (exact) mass is 337 g/mol. The van der Waals surface area contributed by atoms with Crippen molar-refractivity contribution < 1.29 is 17.9 Å². The lowest BCUT2D eigenvalue weighted by Crippen LogP contribution is -2.54. The number of esters is 1. The van der Waals surface area contributed by atoms with Gasteiger partial charge in [0.15, 0.2) is 0 Å². The van der Waals surface area contributed by atoms with Crippen molar-refractivity contribution in [2.75, 3.05) is 38.5 Å². The summed E-state index contributed by atoms with van der Waals surface area (Å²) in [4.78, 5) is 13.7. The van der Waals surface area contributed by atoms with Crippen molar-refractivity contribution in [2.24, 2.45) is 5.73 Å². The van der Waals surface area contributed by atoms with Gasteiger partial charge in [-0.2, -0.15) is 4.31 Å². The molecule has 0 aromatic rings. The van der Waals surface area contributed by atoms with Crippen LogP contribution in [0.1, 0.15) is 20.3 Å². The van der Waals surface area contributed by atoms with Gasteiger partial charge in [-0.3, -0.25) is 9.69 Å². The summed E-state index contributed by atoms with van der Waals surface area (Å²) < 4.78 is 30.5. The summed E-state index contributed by atoms with van der Waals surface area (Å²) >= 11 is 4.95. The molecule has 2 N–H and O–H groups in total. The molecule has 1 fully saturated rings. The van der Waals surface area contributed by atoms with Gasteiger partial charge in [-0.05, 0) is 13.8 Å². The molecule has 1 heterocycles. The number of hydrogen-bond donors (Lipinski definition) is 1. The minimum absolute atomic E-state index is 0.0376. The topological polar surface area (TPSA) is 92.9 Å². The fraction of sp³-hybridized carbons (Fsp3) is 0.833. The third-order valence-electron chi connectivity index (χ3n) is 3.50. The van der Waals surface area contributed by atoms with E-state index in [1.54, 1.807) is 6.92 Å². The molecule has 0 amide bonds. The molecule has 1 saturated heterocycles. The van der Waals surface area contributed by atoms with Gasteiger partial charge < -0.3 is 10.5 Å². The van der Waals surface area contributed by atoms with E-state index in [1.807, 2.05) is 6.92 Å². The van der Waals surface area contributed by atoms with E-state index in [2.05, 4.69) is 4.90 Å². The van der Waals surface area contributed by atoms with E-state index in [9.17, 15) is 13.2 Å². The Hall–Kier alpha value is -0.770. The fourth-order valence-corrected chi connectivity index (χ4v) is 3.68. The van der Waals surface area contributed by atoms with E-state index in [0.29, 0.717) is 31.2 Å². The second-order valence-corrected chi connectivity index (χ2v) is 7.44. The first-order valence-corrected chi connectivity index (χ1v) is 8.96. The molecule has 21 heavy (non-hydrogen) atoms. The van der Waals surface area contributed by atoms with Crippen LogP contribution in [0.3, 0.4) is 0 Å². The molecule has 1 unspecified atom stereocenters. The SMILES string of the molecule is CCOC(=O)CCS(=O)(=O)N1CCN(C(C)C(N)=S)CC1. The highest BCUT2D eigenvalue weighted by atomic mass is 32.2. The second-order valence-electron chi connectivity index (χ2n) is 4.88. The Bertz CT molecular complexity index is 473. The van der Waals surface area contributed by atoms with Crippen molar-refractivity contribution in [3.05, 3.63) is 0 Å². The lowest BCUT2D eigenvalue weighted by Gasteiger charge is -2.36. The van der Waals surface area contributed by atoms with Gasteiger partial charge in [0.2, 0.25) is 10.0 Å². The molecule has 7 nitrogen and oxygen atoms in total. The van der Waals surface area contributed by atoms with Gasteiger partial charge in [-0.15, -0.1) is 0 Å². The number of carbonyl (C=O) groups excluding carboxylic acids is 1. The second kappa shape index (κ2) is 8.02. The van der Waals surface area contributed by atoms with Crippen LogP contribution in [0.5, 0.6) is 0 Å². The Balaban J connectivity index is 2.48. The van der Waals surface area contributed by atoms with E-state index >= 15 is 0 Å². The highest BCUT2D eigenvalue weighted by Gasteiger charge is 2.29. The summed E-state index contributed by atoms with van der Waals surface area (Å²) in [5.41, 5.74) is 5.60. The number of piperazine rings is 1. The first-order valence-electron chi connectivity index (χ1n) is 6.94. The zero-order valence-electron chi connectivity index (χ0n) is 12.4. The molecular formula is C12H23N3O4S2. The molecule has 0 bridgehead atoms. The summed E-state index contributed by atoms with van der Waals surface area (Å²) in [6, 6.07) is -0.0376. The fourth-order valence-electron chi connectivity index (χ4n) is 2.12. The summed E-state index contributed by atoms with van der Waals surface area (Å²) in [5.74, 6) is -0.696. The van der Waals surface area contributed by atoms with Crippen LogP contribution in [-0.4, -0.2) is 73.2 Å². The summed E-state index contributed by atoms with van der Waals surface area (Å²) in [6.07, 6.45) is -0.111. The maximum atomic E-state index is 12.2. The molecule has 0 radical (unpaired) electrons. The average molecular weight is 337 g/mol. The van der Waals surface area contributed by atoms with E-state index in [4.69, 9.17) is 22.7 Å². The molecule has 1 aliphatic heterocycles. The summed E-state index contributed by atoms with van der Waals surface area (Å²) in [5, 5.41) is 0. The molecule has 9 heteroatoms. The van der Waals surface area contributed by atoms with Gasteiger partial charge in [-0.1, -0.05) is 12.2 Å². The van der Waals surface area contributed by atoms with E-state index < -0.39 is 16.0 Å². The van der Waals surface area contributed by atoms with Crippen LogP contribution in [0.2, 0.25) is 0 Å². The zero-order valence-corrected chi connectivity index (χ0v) is 14.1. The molecule has 1 aliphatic rings. The Morgan fingerprint density at radius 1 is 1.33 bits per heavy atom. The molecule has 1 rings (SSSR count). The molecule has 122 valence electrons. The summed E-state index contributed by atoms with van der Waals surface area (Å²) in [6.45, 7) is 5.79. The number of nitrogens with two attached hydrogens (primary N) is 1. The highest BCUT2D eigenvalue weighted by molar-refractivity contribution is 7.89. The van der Waals surface area contributed by atoms with E-state index in [-0.39, 0.29) is 24.8 Å². The Labute approximate surface area is 131 Å². The van der Waals surface area contributed by atoms with Gasteiger partial charge >= 0.3 is 5.97 Å². The number of hydrogen-bond acceptors (Lipinski definition) is 6. The summed E-state index contributed by atoms with van der Waals surface area (Å²) in [7, 11) is -3.42. The average Bonchev–Trinajstić information content (AvgIpc) is 2.45. The van der Waals surface area contributed by atoms with Gasteiger partial charge in [0.25, 0.3) is 0 Å². The quantitative estimate of drug-likeness (QED) is 0.497. The van der Waals surface area contributed by atoms with Crippen molar-refractivity contribution in [3.63, 3.8) is 0 Å². The van der Waals surface area contributed by atoms with Crippen LogP contribution in [-0.2, 0) is 19.6 Å². The number of thiocarbonyl (C=S) groups is 1. The maximum Gasteiger partial charge on any atom is 0.306 e. The first kappa shape index (κ1) is 18.3. The van der Waals surface area contributed by atoms with E-state index in [1.165, 1.54) is 4.31 Å². The Morgan fingerprint density at radius 2 is 1.90 bits per heavy atom. The minimum Gasteiger partial charge on any atom is -0.466 e. The molecule has 0 aromatic carbocycles. The normalized spacial score (nSPS) is 19.1. The number of carbonyl (C=O) groups is 1. The van der Waals surface area contributed by atoms with Crippen molar-refractivity contribution in [3.8, 4) is 0 Å². The van der Waals surface area contributed by atoms with Crippen LogP contribution in [0, 0.1) is 0 Å². The molecule has 0 aromatic heterocycles. The Morgan fingerprint density at radius 3 is 2.38 bits per heavy atom. The van der Waals surface area contributed by atoms with Gasteiger partial charge in [0, 0.05) is 26.2 Å². The van der Waals surface area contributed by atoms with Crippen molar-refractivity contribution in [1.29, 1.82) is 0 Å². The van der Waals surface area contributed by atoms with Crippen LogP contribution >= 0.6 is 12.2 Å². The third kappa shape index (κ3) is 5.50. The molecular weight excluding hydrogens is 314 g/mol. The first-order chi connectivity index (χ1) is 9.77. The van der Waals surface area contributed by atoms with Crippen LogP contribution in [0.4, 0.5) is 0 Å². The number of ether oxygens (including phenoxy) is 1. The van der Waals surface area contributed by atoms with Crippen molar-refractivity contribution in [2.45, 2.75) is 26.3 Å². The minimum atomic E-state index is -3.42. The van der Waals surface area contributed by atoms with Gasteiger partial charge in [0.05, 0.1) is 29.8 Å². The highest BCUT2D eigenvalue weighted by Crippen LogP contribution is 2.12. The maximum absolute atomic E-state index is 12.2. The van der Waals surface area contributed by atoms with Crippen molar-refractivity contribution >= 4 is 33.2 Å². The Kier molecular flexibility index (Phi) is 6.98. The number of sulfonamides is 1. The lowest BCUT2D eigenvalue weighted by molar-refractivity contribution is -0.142. The number of rotatable bonds is 7. The number of nitrogens with zero attached hydrogens (tertiary/aromatic N) is 2. The van der Waals surface area contributed by atoms with Gasteiger partial charge in [-0.25, -0.2) is 8.42 Å². The molecule has 0 spiro atoms. The molecule has 0 aliphatic carbocycles. The van der Waals surface area contributed by atoms with Crippen LogP contribution in [0.25, 0.3) is 0 Å². The van der Waals surface area contributed by atoms with E-state index in [0.717, 1.165) is 0 Å². The van der Waals surface area contributed by atoms with Crippen molar-refractivity contribution in [1.82, 2.24) is 9.21 Å². The standard InChI is InChI=1S/C12H23N3O4S2/c1-3-19-11(16)4-9-21(17,18)15-7-5-14(6-8-15)10(2)12(13)20/h10H,3-9H2,1-2H3,(H2,13,20). The largest absolute Gasteiger partial charge is 0.466 e. The predicted molar refractivity (Wildman–Crippen MR) is 84.4 cm³/mol. The third-order valence-corrected chi connectivity index (χ3v) is 5.71. The predicted octanol–water partition coefficient (Wildman–Crippen LogP) is -0.438.